The molecule has 1 heterocycles. The van der Waals surface area contributed by atoms with Crippen LogP contribution in [0.15, 0.2) is 73.4 Å². The third-order valence-corrected chi connectivity index (χ3v) is 19.6. The highest BCUT2D eigenvalue weighted by Crippen LogP contribution is 2.21. The minimum atomic E-state index is -1.94. The quantitative estimate of drug-likeness (QED) is 0.0184. The standard InChI is InChI=1S/C82H124N22O23/c1-14-65(111)87-31-21-20-26-53(74(119)90-44(9)71(116)98-56(67(86)112)35-63(84)109)97-80(125)57(32-40(4)5)101-75(120)54(28-27-39(2)3)95-69(114)42(7)92-78(123)59(34-50-37-88-52-25-19-18-24-51(50)52)99-72(117)45(10)93-79(124)60(36-64(85)110)100-73(118)46(11)91-77(122)58(33-49-22-16-15-17-23-49)102-82(127)66(47(12)106)104-76(121)55(29-30-62(83)108)96-70(115)43(8)94-81(126)61(38-105)103-68(113)41(6)89-48(13)107/h14-19,22-25,37,39-47,53-61,66,88,105-106H,1,20-21,26-36,38H2,2-13H3,(H2,83,108)(H2,84,109)(H2,85,110)(H2,86,112)(H,87,111)(H,89,107)(H,90,119)(H,91,122)(H,92,123)(H,93,124)(H,94,126)(H,95,114)(H,96,115)(H,97,125)(H,98,116)(H,99,117)(H,100,118)(H,101,120)(H,102,127)(H,103,113)(H,104,121)/t41-,42-,43-,44-,45-,46-,47+,53-,54-,55-,56-,57-,58-,59-,60?,61-,66-/m0/s1. The average Bonchev–Trinajstić information content (AvgIpc) is 1.61. The first kappa shape index (κ1) is 108. The molecule has 0 spiro atoms. The third kappa shape index (κ3) is 38.7. The van der Waals surface area contributed by atoms with Gasteiger partial charge in [0, 0.05) is 49.8 Å². The molecule has 0 aliphatic heterocycles. The summed E-state index contributed by atoms with van der Waals surface area (Å²) in [4.78, 5) is 284. The summed E-state index contributed by atoms with van der Waals surface area (Å²) in [6.45, 7) is 19.4. The lowest BCUT2D eigenvalue weighted by molar-refractivity contribution is -0.137. The molecule has 0 saturated carbocycles. The minimum Gasteiger partial charge on any atom is -0.394 e. The number of primary amides is 4. The highest BCUT2D eigenvalue weighted by atomic mass is 16.3. The van der Waals surface area contributed by atoms with E-state index in [0.29, 0.717) is 34.9 Å². The fourth-order valence-corrected chi connectivity index (χ4v) is 12.4. The van der Waals surface area contributed by atoms with Crippen LogP contribution in [0.5, 0.6) is 0 Å². The lowest BCUT2D eigenvalue weighted by Gasteiger charge is -2.28. The summed E-state index contributed by atoms with van der Waals surface area (Å²) in [5.74, 6) is -20.7. The number of aliphatic hydroxyl groups is 2. The first-order chi connectivity index (χ1) is 59.5. The lowest BCUT2D eigenvalue weighted by atomic mass is 9.99. The van der Waals surface area contributed by atoms with Gasteiger partial charge in [0.1, 0.15) is 96.7 Å². The Balaban J connectivity index is 1.88. The van der Waals surface area contributed by atoms with Crippen molar-refractivity contribution in [1.29, 1.82) is 0 Å². The maximum absolute atomic E-state index is 14.6. The van der Waals surface area contributed by atoms with E-state index in [1.165, 1.54) is 27.7 Å². The zero-order valence-electron chi connectivity index (χ0n) is 73.2. The van der Waals surface area contributed by atoms with Gasteiger partial charge in [-0.1, -0.05) is 82.8 Å². The second kappa shape index (κ2) is 53.6. The number of hydrogen-bond donors (Lipinski definition) is 24. The van der Waals surface area contributed by atoms with Crippen molar-refractivity contribution in [3.05, 3.63) is 84.6 Å². The van der Waals surface area contributed by atoms with Crippen molar-refractivity contribution < 1.29 is 111 Å². The van der Waals surface area contributed by atoms with Crippen LogP contribution in [0.1, 0.15) is 158 Å². The zero-order chi connectivity index (χ0) is 95.8. The van der Waals surface area contributed by atoms with E-state index in [9.17, 15) is 111 Å². The molecule has 0 bridgehead atoms. The molecule has 0 aliphatic rings. The number of carbonyl (C=O) groups is 21. The number of nitrogens with one attached hydrogen (secondary N) is 18. The third-order valence-electron chi connectivity index (χ3n) is 19.6. The monoisotopic (exact) mass is 1780 g/mol. The molecule has 2 aromatic carbocycles. The summed E-state index contributed by atoms with van der Waals surface area (Å²) in [6.07, 6.45) is -1.55. The van der Waals surface area contributed by atoms with Crippen molar-refractivity contribution in [2.24, 2.45) is 34.8 Å². The Labute approximate surface area is 733 Å². The number of H-pyrrole nitrogens is 1. The maximum Gasteiger partial charge on any atom is 0.245 e. The molecule has 1 aromatic heterocycles. The number of nitrogens with two attached hydrogens (primary N) is 4. The van der Waals surface area contributed by atoms with E-state index >= 15 is 0 Å². The van der Waals surface area contributed by atoms with Gasteiger partial charge in [0.05, 0.1) is 25.6 Å². The summed E-state index contributed by atoms with van der Waals surface area (Å²) >= 11 is 0. The molecule has 21 amide bonds. The molecule has 45 heteroatoms. The summed E-state index contributed by atoms with van der Waals surface area (Å²) in [5, 5.41) is 62.9. The van der Waals surface area contributed by atoms with Crippen molar-refractivity contribution in [3.63, 3.8) is 0 Å². The molecule has 3 aromatic rings. The van der Waals surface area contributed by atoms with Crippen LogP contribution in [0.25, 0.3) is 10.9 Å². The van der Waals surface area contributed by atoms with Crippen molar-refractivity contribution in [3.8, 4) is 0 Å². The lowest BCUT2D eigenvalue weighted by Crippen LogP contribution is -2.62. The Morgan fingerprint density at radius 3 is 1.24 bits per heavy atom. The Morgan fingerprint density at radius 2 is 0.772 bits per heavy atom. The number of aromatic nitrogens is 1. The number of fused-ring (bicyclic) bond motifs is 1. The minimum absolute atomic E-state index is 0.00622. The molecule has 0 saturated heterocycles. The van der Waals surface area contributed by atoms with Crippen LogP contribution >= 0.6 is 0 Å². The van der Waals surface area contributed by atoms with E-state index in [1.54, 1.807) is 74.6 Å². The molecule has 0 radical (unpaired) electrons. The first-order valence-corrected chi connectivity index (χ1v) is 41.3. The van der Waals surface area contributed by atoms with Gasteiger partial charge in [0.15, 0.2) is 0 Å². The van der Waals surface area contributed by atoms with Crippen LogP contribution in [0.2, 0.25) is 0 Å². The fourth-order valence-electron chi connectivity index (χ4n) is 12.4. The van der Waals surface area contributed by atoms with Gasteiger partial charge in [-0.05, 0) is 129 Å². The topological polar surface area (TPSA) is 723 Å². The molecule has 0 aliphatic carbocycles. The Hall–Kier alpha value is -13.5. The van der Waals surface area contributed by atoms with E-state index in [-0.39, 0.29) is 56.9 Å². The number of unbranched alkanes of at least 4 members (excludes halogenated alkanes) is 1. The number of amides is 21. The first-order valence-electron chi connectivity index (χ1n) is 41.3. The number of carbonyl (C=O) groups excluding carboxylic acids is 21. The van der Waals surface area contributed by atoms with Gasteiger partial charge in [0.2, 0.25) is 124 Å². The van der Waals surface area contributed by atoms with Gasteiger partial charge in [-0.3, -0.25) is 101 Å². The molecule has 3 rings (SSSR count). The van der Waals surface area contributed by atoms with E-state index < -0.39 is 259 Å². The average molecular weight is 1790 g/mol. The van der Waals surface area contributed by atoms with Gasteiger partial charge in [-0.15, -0.1) is 0 Å². The molecule has 700 valence electrons. The number of aliphatic hydroxyl groups excluding tert-OH is 2. The van der Waals surface area contributed by atoms with Gasteiger partial charge >= 0.3 is 0 Å². The molecule has 1 unspecified atom stereocenters. The van der Waals surface area contributed by atoms with Crippen LogP contribution < -0.4 is 113 Å². The Morgan fingerprint density at radius 1 is 0.386 bits per heavy atom. The number of para-hydroxylation sites is 1. The Bertz CT molecular complexity index is 4410. The van der Waals surface area contributed by atoms with Crippen molar-refractivity contribution in [2.75, 3.05) is 13.2 Å². The molecular weight excluding hydrogens is 1660 g/mol. The summed E-state index contributed by atoms with van der Waals surface area (Å²) < 4.78 is 0. The molecule has 0 fully saturated rings. The number of benzene rings is 2. The predicted molar refractivity (Wildman–Crippen MR) is 457 cm³/mol. The van der Waals surface area contributed by atoms with Crippen LogP contribution in [-0.2, 0) is 114 Å². The van der Waals surface area contributed by atoms with E-state index in [2.05, 4.69) is 102 Å². The van der Waals surface area contributed by atoms with E-state index in [4.69, 9.17) is 22.9 Å². The molecule has 45 nitrogen and oxygen atoms in total. The van der Waals surface area contributed by atoms with Crippen LogP contribution in [0.3, 0.4) is 0 Å². The number of hydrogen-bond acceptors (Lipinski definition) is 23. The van der Waals surface area contributed by atoms with Crippen LogP contribution in [-0.4, -0.2) is 255 Å². The fraction of sp³-hybridized carbons (Fsp3) is 0.549. The molecule has 127 heavy (non-hydrogen) atoms. The van der Waals surface area contributed by atoms with Crippen LogP contribution in [0, 0.1) is 11.8 Å². The second-order valence-corrected chi connectivity index (χ2v) is 31.6. The van der Waals surface area contributed by atoms with Crippen LogP contribution in [0.4, 0.5) is 0 Å². The largest absolute Gasteiger partial charge is 0.394 e. The Kier molecular flexibility index (Phi) is 45.5. The summed E-state index contributed by atoms with van der Waals surface area (Å²) in [5.41, 5.74) is 23.0. The number of aromatic amines is 1. The zero-order valence-corrected chi connectivity index (χ0v) is 73.2. The van der Waals surface area contributed by atoms with Gasteiger partial charge in [0.25, 0.3) is 0 Å². The van der Waals surface area contributed by atoms with E-state index in [0.717, 1.165) is 33.8 Å². The van der Waals surface area contributed by atoms with E-state index in [1.807, 2.05) is 13.8 Å². The molecular formula is C82H124N22O23. The van der Waals surface area contributed by atoms with Crippen molar-refractivity contribution in [1.82, 2.24) is 95.4 Å². The molecule has 17 atom stereocenters. The predicted octanol–water partition coefficient (Wildman–Crippen LogP) is -7.32. The van der Waals surface area contributed by atoms with Gasteiger partial charge < -0.3 is 129 Å². The summed E-state index contributed by atoms with van der Waals surface area (Å²) in [6, 6.07) is -9.85. The maximum atomic E-state index is 14.6. The highest BCUT2D eigenvalue weighted by Gasteiger charge is 2.39. The van der Waals surface area contributed by atoms with Gasteiger partial charge in [-0.25, -0.2) is 0 Å². The highest BCUT2D eigenvalue weighted by molar-refractivity contribution is 6.02. The smallest absolute Gasteiger partial charge is 0.245 e. The van der Waals surface area contributed by atoms with Gasteiger partial charge in [-0.2, -0.15) is 0 Å². The van der Waals surface area contributed by atoms with Crippen molar-refractivity contribution >= 4 is 135 Å². The second-order valence-electron chi connectivity index (χ2n) is 31.6. The normalized spacial score (nSPS) is 15.1. The number of rotatable bonds is 56. The molecule has 28 N–H and O–H groups in total. The SMILES string of the molecule is C=CC(=O)NCCCC[C@H](NC(=O)[C@H](CC(C)C)NC(=O)[C@H](CCC(C)C)NC(=O)[C@H](C)NC(=O)[C@H](Cc1c[nH]c2ccccc12)NC(=O)[C@H](C)NC(=O)C(CC(N)=O)NC(=O)[C@H](C)NC(=O)[C@H](Cc1ccccc1)NC(=O)[C@@H](NC(=O)[C@H](CCC(N)=O)NC(=O)[C@H](C)NC(=O)[C@H](CO)NC(=O)[C@H](C)NC(C)=O)[C@@H](C)O)C(=O)N[C@@H](C)C(=O)N[C@@H](CC(N)=O)C(N)=O. The summed E-state index contributed by atoms with van der Waals surface area (Å²) in [7, 11) is 0. The van der Waals surface area contributed by atoms with Crippen molar-refractivity contribution in [2.45, 2.75) is 263 Å².